The van der Waals surface area contributed by atoms with E-state index in [1.54, 1.807) is 42.5 Å². The van der Waals surface area contributed by atoms with Crippen molar-refractivity contribution in [2.24, 2.45) is 0 Å². The van der Waals surface area contributed by atoms with Gasteiger partial charge in [-0.3, -0.25) is 4.79 Å². The first-order chi connectivity index (χ1) is 15.3. The summed E-state index contributed by atoms with van der Waals surface area (Å²) in [6.07, 6.45) is 2.02. The van der Waals surface area contributed by atoms with E-state index < -0.39 is 27.8 Å². The van der Waals surface area contributed by atoms with Gasteiger partial charge < -0.3 is 10.1 Å². The number of amides is 1. The number of methoxy groups -OCH3 is 1. The Kier molecular flexibility index (Phi) is 7.89. The smallest absolute Gasteiger partial charge is 0.245 e. The minimum Gasteiger partial charge on any atom is -0.495 e. The molecule has 3 aromatic rings. The number of ether oxygens (including phenoxy) is 1. The molecule has 0 radical (unpaired) electrons. The summed E-state index contributed by atoms with van der Waals surface area (Å²) in [6.45, 7) is 0. The molecule has 9 heteroatoms. The Morgan fingerprint density at radius 2 is 1.81 bits per heavy atom. The zero-order chi connectivity index (χ0) is 23.1. The molecule has 32 heavy (non-hydrogen) atoms. The van der Waals surface area contributed by atoms with Gasteiger partial charge in [-0.25, -0.2) is 12.8 Å². The molecule has 0 aliphatic carbocycles. The number of sulfonamides is 1. The van der Waals surface area contributed by atoms with Crippen molar-refractivity contribution in [1.82, 2.24) is 4.72 Å². The van der Waals surface area contributed by atoms with Crippen molar-refractivity contribution >= 4 is 33.4 Å². The maximum atomic E-state index is 13.8. The van der Waals surface area contributed by atoms with Gasteiger partial charge in [-0.2, -0.15) is 4.72 Å². The third-order valence-corrected chi connectivity index (χ3v) is 6.87. The molecule has 0 aliphatic rings. The van der Waals surface area contributed by atoms with Crippen molar-refractivity contribution in [2.75, 3.05) is 18.7 Å². The van der Waals surface area contributed by atoms with Crippen LogP contribution < -0.4 is 14.8 Å². The van der Waals surface area contributed by atoms with Crippen LogP contribution in [0.15, 0.2) is 82.6 Å². The second kappa shape index (κ2) is 10.6. The molecule has 0 fully saturated rings. The third-order valence-electron chi connectivity index (χ3n) is 4.65. The Morgan fingerprint density at radius 3 is 2.50 bits per heavy atom. The van der Waals surface area contributed by atoms with Gasteiger partial charge in [0.15, 0.2) is 0 Å². The van der Waals surface area contributed by atoms with E-state index in [0.29, 0.717) is 5.69 Å². The number of carbonyl (C=O) groups excluding carboxylic acids is 1. The monoisotopic (exact) mass is 474 g/mol. The van der Waals surface area contributed by atoms with E-state index in [9.17, 15) is 17.6 Å². The Hall–Kier alpha value is -2.88. The van der Waals surface area contributed by atoms with Crippen LogP contribution in [-0.4, -0.2) is 33.7 Å². The van der Waals surface area contributed by atoms with Crippen molar-refractivity contribution in [3.63, 3.8) is 0 Å². The molecule has 6 nitrogen and oxygen atoms in total. The van der Waals surface area contributed by atoms with Crippen molar-refractivity contribution in [3.05, 3.63) is 84.2 Å². The lowest BCUT2D eigenvalue weighted by atomic mass is 10.1. The van der Waals surface area contributed by atoms with Crippen molar-refractivity contribution in [1.29, 1.82) is 0 Å². The number of nitrogens with one attached hydrogen (secondary N) is 2. The number of rotatable bonds is 9. The predicted octanol–water partition coefficient (Wildman–Crippen LogP) is 4.08. The van der Waals surface area contributed by atoms with Crippen LogP contribution in [-0.2, 0) is 21.2 Å². The number of carbonyl (C=O) groups is 1. The van der Waals surface area contributed by atoms with Crippen LogP contribution in [0.2, 0.25) is 0 Å². The van der Waals surface area contributed by atoms with Crippen LogP contribution in [0.4, 0.5) is 10.1 Å². The Bertz CT molecular complexity index is 1190. The molecule has 0 aliphatic heterocycles. The SMILES string of the molecule is COc1ccc(F)cc1S(=O)(=O)NC(Cc1ccccc1)C(=O)Nc1cccc(SC)c1. The number of hydrogen-bond acceptors (Lipinski definition) is 5. The topological polar surface area (TPSA) is 84.5 Å². The highest BCUT2D eigenvalue weighted by molar-refractivity contribution is 7.98. The van der Waals surface area contributed by atoms with Crippen molar-refractivity contribution in [3.8, 4) is 5.75 Å². The van der Waals surface area contributed by atoms with Crippen LogP contribution in [0, 0.1) is 5.82 Å². The third kappa shape index (κ3) is 6.09. The fourth-order valence-electron chi connectivity index (χ4n) is 3.08. The summed E-state index contributed by atoms with van der Waals surface area (Å²) >= 11 is 1.52. The molecule has 3 aromatic carbocycles. The first-order valence-electron chi connectivity index (χ1n) is 9.67. The zero-order valence-corrected chi connectivity index (χ0v) is 19.2. The maximum Gasteiger partial charge on any atom is 0.245 e. The summed E-state index contributed by atoms with van der Waals surface area (Å²) < 4.78 is 47.4. The normalized spacial score (nSPS) is 12.2. The maximum absolute atomic E-state index is 13.8. The van der Waals surface area contributed by atoms with Gasteiger partial charge in [0.05, 0.1) is 7.11 Å². The molecule has 0 aromatic heterocycles. The van der Waals surface area contributed by atoms with E-state index in [4.69, 9.17) is 4.74 Å². The molecule has 2 N–H and O–H groups in total. The summed E-state index contributed by atoms with van der Waals surface area (Å²) in [4.78, 5) is 13.7. The minimum absolute atomic E-state index is 0.0227. The second-order valence-electron chi connectivity index (χ2n) is 6.88. The van der Waals surface area contributed by atoms with Crippen molar-refractivity contribution in [2.45, 2.75) is 22.3 Å². The molecule has 1 unspecified atom stereocenters. The summed E-state index contributed by atoms with van der Waals surface area (Å²) in [7, 11) is -2.98. The molecule has 0 heterocycles. The fourth-order valence-corrected chi connectivity index (χ4v) is 4.91. The van der Waals surface area contributed by atoms with E-state index in [1.807, 2.05) is 18.4 Å². The number of benzene rings is 3. The lowest BCUT2D eigenvalue weighted by Gasteiger charge is -2.20. The van der Waals surface area contributed by atoms with Gasteiger partial charge in [-0.15, -0.1) is 11.8 Å². The van der Waals surface area contributed by atoms with Gasteiger partial charge in [0.1, 0.15) is 22.5 Å². The summed E-state index contributed by atoms with van der Waals surface area (Å²) in [5.74, 6) is -1.29. The fraction of sp³-hybridized carbons (Fsp3) is 0.174. The number of hydrogen-bond donors (Lipinski definition) is 2. The largest absolute Gasteiger partial charge is 0.495 e. The molecular weight excluding hydrogens is 451 g/mol. The molecule has 3 rings (SSSR count). The van der Waals surface area contributed by atoms with Crippen LogP contribution in [0.5, 0.6) is 5.75 Å². The quantitative estimate of drug-likeness (QED) is 0.457. The van der Waals surface area contributed by atoms with Crippen LogP contribution in [0.3, 0.4) is 0 Å². The van der Waals surface area contributed by atoms with Crippen molar-refractivity contribution < 1.29 is 22.3 Å². The Labute approximate surface area is 191 Å². The van der Waals surface area contributed by atoms with E-state index in [2.05, 4.69) is 10.0 Å². The van der Waals surface area contributed by atoms with E-state index in [-0.39, 0.29) is 17.1 Å². The number of halogens is 1. The molecule has 1 atom stereocenters. The highest BCUT2D eigenvalue weighted by atomic mass is 32.2. The Balaban J connectivity index is 1.92. The number of thioether (sulfide) groups is 1. The first-order valence-corrected chi connectivity index (χ1v) is 12.4. The van der Waals surface area contributed by atoms with Gasteiger partial charge in [-0.05, 0) is 54.6 Å². The highest BCUT2D eigenvalue weighted by Crippen LogP contribution is 2.25. The predicted molar refractivity (Wildman–Crippen MR) is 124 cm³/mol. The summed E-state index contributed by atoms with van der Waals surface area (Å²) in [5.41, 5.74) is 1.31. The molecule has 0 saturated carbocycles. The number of anilines is 1. The lowest BCUT2D eigenvalue weighted by Crippen LogP contribution is -2.45. The van der Waals surface area contributed by atoms with Gasteiger partial charge in [-0.1, -0.05) is 36.4 Å². The summed E-state index contributed by atoms with van der Waals surface area (Å²) in [6, 6.07) is 18.3. The van der Waals surface area contributed by atoms with Gasteiger partial charge in [0.2, 0.25) is 15.9 Å². The van der Waals surface area contributed by atoms with Crippen LogP contribution in [0.25, 0.3) is 0 Å². The molecule has 0 bridgehead atoms. The van der Waals surface area contributed by atoms with Gasteiger partial charge in [0, 0.05) is 10.6 Å². The molecule has 1 amide bonds. The lowest BCUT2D eigenvalue weighted by molar-refractivity contribution is -0.117. The zero-order valence-electron chi connectivity index (χ0n) is 17.5. The average Bonchev–Trinajstić information content (AvgIpc) is 2.79. The average molecular weight is 475 g/mol. The van der Waals surface area contributed by atoms with Crippen LogP contribution >= 0.6 is 11.8 Å². The summed E-state index contributed by atoms with van der Waals surface area (Å²) in [5, 5.41) is 2.77. The Morgan fingerprint density at radius 1 is 1.06 bits per heavy atom. The van der Waals surface area contributed by atoms with Gasteiger partial charge in [0.25, 0.3) is 0 Å². The molecule has 168 valence electrons. The molecule has 0 spiro atoms. The van der Waals surface area contributed by atoms with Crippen LogP contribution in [0.1, 0.15) is 5.56 Å². The molecule has 0 saturated heterocycles. The van der Waals surface area contributed by atoms with E-state index in [0.717, 1.165) is 22.6 Å². The van der Waals surface area contributed by atoms with Gasteiger partial charge >= 0.3 is 0 Å². The standard InChI is InChI=1S/C23H23FN2O4S2/c1-30-21-12-11-17(24)14-22(21)32(28,29)26-20(13-16-7-4-3-5-8-16)23(27)25-18-9-6-10-19(15-18)31-2/h3-12,14-15,20,26H,13H2,1-2H3,(H,25,27). The van der Waals surface area contributed by atoms with E-state index in [1.165, 1.54) is 24.9 Å². The van der Waals surface area contributed by atoms with E-state index >= 15 is 0 Å². The first kappa shape index (κ1) is 23.8. The minimum atomic E-state index is -4.27. The second-order valence-corrected chi connectivity index (χ2v) is 9.44. The molecular formula is C23H23FN2O4S2. The highest BCUT2D eigenvalue weighted by Gasteiger charge is 2.29.